The third kappa shape index (κ3) is 2.93. The molecule has 29 heavy (non-hydrogen) atoms. The first-order chi connectivity index (χ1) is 14.2. The summed E-state index contributed by atoms with van der Waals surface area (Å²) in [5, 5.41) is 8.19. The van der Waals surface area contributed by atoms with E-state index in [-0.39, 0.29) is 11.6 Å². The van der Waals surface area contributed by atoms with Gasteiger partial charge in [-0.3, -0.25) is 14.6 Å². The van der Waals surface area contributed by atoms with Crippen molar-refractivity contribution in [2.75, 3.05) is 22.9 Å². The minimum Gasteiger partial charge on any atom is -0.292 e. The van der Waals surface area contributed by atoms with E-state index < -0.39 is 0 Å². The van der Waals surface area contributed by atoms with Gasteiger partial charge in [-0.05, 0) is 30.3 Å². The van der Waals surface area contributed by atoms with E-state index in [9.17, 15) is 9.59 Å². The highest BCUT2D eigenvalue weighted by Crippen LogP contribution is 2.28. The van der Waals surface area contributed by atoms with Gasteiger partial charge in [0.2, 0.25) is 0 Å². The summed E-state index contributed by atoms with van der Waals surface area (Å²) in [6.07, 6.45) is 1.68. The molecule has 1 fully saturated rings. The van der Waals surface area contributed by atoms with Crippen molar-refractivity contribution < 1.29 is 4.79 Å². The fraction of sp³-hybridized carbons (Fsp3) is 0.0909. The average Bonchev–Trinajstić information content (AvgIpc) is 3.16. The molecule has 0 atom stereocenters. The van der Waals surface area contributed by atoms with Crippen molar-refractivity contribution in [2.45, 2.75) is 0 Å². The van der Waals surface area contributed by atoms with Gasteiger partial charge in [0.15, 0.2) is 0 Å². The number of carbonyl (C=O) groups excluding carboxylic acids is 1. The molecule has 142 valence electrons. The predicted molar refractivity (Wildman–Crippen MR) is 112 cm³/mol. The normalized spacial score (nSPS) is 14.0. The minimum atomic E-state index is -0.210. The SMILES string of the molecule is O=C1N(c2ccc(-c3n[nH]c(=O)c4ccccc34)cc2)CCN1c1ccccn1. The first kappa shape index (κ1) is 17.1. The van der Waals surface area contributed by atoms with Crippen LogP contribution in [-0.2, 0) is 0 Å². The molecular formula is C22H17N5O2. The molecule has 4 aromatic rings. The van der Waals surface area contributed by atoms with Crippen LogP contribution in [0.1, 0.15) is 0 Å². The van der Waals surface area contributed by atoms with Gasteiger partial charge >= 0.3 is 6.03 Å². The largest absolute Gasteiger partial charge is 0.330 e. The molecule has 0 radical (unpaired) electrons. The van der Waals surface area contributed by atoms with Crippen molar-refractivity contribution in [1.29, 1.82) is 0 Å². The number of rotatable bonds is 3. The molecule has 7 heteroatoms. The van der Waals surface area contributed by atoms with Crippen LogP contribution < -0.4 is 15.4 Å². The molecule has 1 N–H and O–H groups in total. The van der Waals surface area contributed by atoms with Crippen molar-refractivity contribution in [1.82, 2.24) is 15.2 Å². The van der Waals surface area contributed by atoms with Crippen LogP contribution in [0, 0.1) is 0 Å². The van der Waals surface area contributed by atoms with E-state index >= 15 is 0 Å². The Kier molecular flexibility index (Phi) is 4.05. The smallest absolute Gasteiger partial charge is 0.292 e. The molecule has 0 unspecified atom stereocenters. The van der Waals surface area contributed by atoms with Gasteiger partial charge in [-0.2, -0.15) is 5.10 Å². The number of nitrogens with zero attached hydrogens (tertiary/aromatic N) is 4. The maximum absolute atomic E-state index is 12.8. The molecular weight excluding hydrogens is 366 g/mol. The molecule has 1 aliphatic heterocycles. The number of urea groups is 1. The van der Waals surface area contributed by atoms with Gasteiger partial charge in [-0.1, -0.05) is 36.4 Å². The molecule has 2 aromatic carbocycles. The van der Waals surface area contributed by atoms with Gasteiger partial charge in [0.1, 0.15) is 5.82 Å². The summed E-state index contributed by atoms with van der Waals surface area (Å²) in [6, 6.07) is 20.4. The maximum atomic E-state index is 12.8. The van der Waals surface area contributed by atoms with Gasteiger partial charge < -0.3 is 0 Å². The molecule has 0 spiro atoms. The standard InChI is InChI=1S/C22H17N5O2/c28-21-18-6-2-1-5-17(18)20(24-25-21)15-8-10-16(11-9-15)26-13-14-27(22(26)29)19-7-3-4-12-23-19/h1-12H,13-14H2,(H,25,28). The zero-order chi connectivity index (χ0) is 19.8. The van der Waals surface area contributed by atoms with Crippen LogP contribution in [-0.4, -0.2) is 34.3 Å². The molecule has 5 rings (SSSR count). The Hall–Kier alpha value is -4.00. The number of pyridine rings is 1. The zero-order valence-corrected chi connectivity index (χ0v) is 15.4. The number of aromatic amines is 1. The molecule has 1 saturated heterocycles. The summed E-state index contributed by atoms with van der Waals surface area (Å²) < 4.78 is 0. The highest BCUT2D eigenvalue weighted by molar-refractivity contribution is 6.05. The van der Waals surface area contributed by atoms with Crippen molar-refractivity contribution in [3.63, 3.8) is 0 Å². The van der Waals surface area contributed by atoms with Gasteiger partial charge in [0.05, 0.1) is 11.1 Å². The van der Waals surface area contributed by atoms with Crippen LogP contribution in [0.15, 0.2) is 77.7 Å². The monoisotopic (exact) mass is 383 g/mol. The number of hydrogen-bond acceptors (Lipinski definition) is 4. The summed E-state index contributed by atoms with van der Waals surface area (Å²) in [5.74, 6) is 0.653. The molecule has 0 bridgehead atoms. The molecule has 2 amide bonds. The lowest BCUT2D eigenvalue weighted by Gasteiger charge is -2.18. The van der Waals surface area contributed by atoms with Crippen LogP contribution >= 0.6 is 0 Å². The Morgan fingerprint density at radius 2 is 1.52 bits per heavy atom. The third-order valence-electron chi connectivity index (χ3n) is 5.08. The van der Waals surface area contributed by atoms with Crippen molar-refractivity contribution in [3.8, 4) is 11.3 Å². The summed E-state index contributed by atoms with van der Waals surface area (Å²) in [7, 11) is 0. The number of amides is 2. The highest BCUT2D eigenvalue weighted by atomic mass is 16.2. The lowest BCUT2D eigenvalue weighted by atomic mass is 10.0. The van der Waals surface area contributed by atoms with E-state index in [1.807, 2.05) is 60.7 Å². The quantitative estimate of drug-likeness (QED) is 0.588. The van der Waals surface area contributed by atoms with Crippen LogP contribution in [0.5, 0.6) is 0 Å². The van der Waals surface area contributed by atoms with E-state index in [2.05, 4.69) is 15.2 Å². The van der Waals surface area contributed by atoms with Gasteiger partial charge in [-0.25, -0.2) is 14.9 Å². The zero-order valence-electron chi connectivity index (χ0n) is 15.4. The van der Waals surface area contributed by atoms with Crippen molar-refractivity contribution in [2.24, 2.45) is 0 Å². The Balaban J connectivity index is 1.45. The summed E-state index contributed by atoms with van der Waals surface area (Å²) in [6.45, 7) is 1.18. The van der Waals surface area contributed by atoms with Gasteiger partial charge in [0.25, 0.3) is 5.56 Å². The lowest BCUT2D eigenvalue weighted by molar-refractivity contribution is 0.255. The number of aromatic nitrogens is 3. The number of carbonyl (C=O) groups is 1. The lowest BCUT2D eigenvalue weighted by Crippen LogP contribution is -2.32. The van der Waals surface area contributed by atoms with Crippen LogP contribution in [0.4, 0.5) is 16.3 Å². The maximum Gasteiger partial charge on any atom is 0.330 e. The number of benzene rings is 2. The Morgan fingerprint density at radius 1 is 0.793 bits per heavy atom. The van der Waals surface area contributed by atoms with E-state index in [1.54, 1.807) is 22.1 Å². The summed E-state index contributed by atoms with van der Waals surface area (Å²) >= 11 is 0. The first-order valence-electron chi connectivity index (χ1n) is 9.30. The fourth-order valence-electron chi connectivity index (χ4n) is 3.64. The second-order valence-corrected chi connectivity index (χ2v) is 6.77. The van der Waals surface area contributed by atoms with E-state index in [0.717, 1.165) is 16.6 Å². The Labute approximate surface area is 166 Å². The fourth-order valence-corrected chi connectivity index (χ4v) is 3.64. The summed E-state index contributed by atoms with van der Waals surface area (Å²) in [5.41, 5.74) is 2.17. The van der Waals surface area contributed by atoms with E-state index in [4.69, 9.17) is 0 Å². The molecule has 0 aliphatic carbocycles. The number of hydrogen-bond donors (Lipinski definition) is 1. The molecule has 7 nitrogen and oxygen atoms in total. The predicted octanol–water partition coefficient (Wildman–Crippen LogP) is 3.43. The highest BCUT2D eigenvalue weighted by Gasteiger charge is 2.31. The summed E-state index contributed by atoms with van der Waals surface area (Å²) in [4.78, 5) is 32.5. The number of anilines is 2. The van der Waals surface area contributed by atoms with E-state index in [0.29, 0.717) is 30.0 Å². The Bertz CT molecular complexity index is 1250. The van der Waals surface area contributed by atoms with Gasteiger partial charge in [-0.15, -0.1) is 0 Å². The molecule has 0 saturated carbocycles. The number of fused-ring (bicyclic) bond motifs is 1. The number of H-pyrrole nitrogens is 1. The second-order valence-electron chi connectivity index (χ2n) is 6.77. The first-order valence-corrected chi connectivity index (χ1v) is 9.30. The molecule has 2 aromatic heterocycles. The second kappa shape index (κ2) is 6.87. The average molecular weight is 383 g/mol. The molecule has 3 heterocycles. The van der Waals surface area contributed by atoms with Crippen LogP contribution in [0.2, 0.25) is 0 Å². The van der Waals surface area contributed by atoms with Gasteiger partial charge in [0, 0.05) is 35.9 Å². The Morgan fingerprint density at radius 3 is 2.28 bits per heavy atom. The number of nitrogens with one attached hydrogen (secondary N) is 1. The van der Waals surface area contributed by atoms with Crippen LogP contribution in [0.3, 0.4) is 0 Å². The van der Waals surface area contributed by atoms with Crippen molar-refractivity contribution in [3.05, 3.63) is 83.3 Å². The van der Waals surface area contributed by atoms with Crippen LogP contribution in [0.25, 0.3) is 22.0 Å². The molecule has 1 aliphatic rings. The van der Waals surface area contributed by atoms with Crippen molar-refractivity contribution >= 4 is 28.3 Å². The topological polar surface area (TPSA) is 82.2 Å². The minimum absolute atomic E-state index is 0.0935. The van der Waals surface area contributed by atoms with E-state index in [1.165, 1.54) is 0 Å². The third-order valence-corrected chi connectivity index (χ3v) is 5.08.